The summed E-state index contributed by atoms with van der Waals surface area (Å²) in [6.45, 7) is 6.01. The van der Waals surface area contributed by atoms with Crippen molar-refractivity contribution < 1.29 is 14.3 Å². The quantitative estimate of drug-likeness (QED) is 0.295. The average molecular weight is 427 g/mol. The molecule has 0 aliphatic heterocycles. The number of unbranched alkanes of at least 4 members (excludes halogenated alkanes) is 6. The Hall–Kier alpha value is -2.69. The van der Waals surface area contributed by atoms with Crippen LogP contribution in [0.3, 0.4) is 0 Å². The van der Waals surface area contributed by atoms with E-state index >= 15 is 0 Å². The van der Waals surface area contributed by atoms with Gasteiger partial charge in [-0.1, -0.05) is 64.5 Å². The Morgan fingerprint density at radius 2 is 1.29 bits per heavy atom. The van der Waals surface area contributed by atoms with E-state index in [1.54, 1.807) is 0 Å². The molecule has 0 bridgehead atoms. The number of benzene rings is 2. The van der Waals surface area contributed by atoms with Gasteiger partial charge in [-0.05, 0) is 37.1 Å². The molecule has 0 saturated carbocycles. The van der Waals surface area contributed by atoms with Gasteiger partial charge in [0, 0.05) is 23.5 Å². The molecule has 2 rings (SSSR count). The molecule has 5 heteroatoms. The van der Waals surface area contributed by atoms with Crippen LogP contribution in [-0.4, -0.2) is 25.7 Å². The molecule has 31 heavy (non-hydrogen) atoms. The number of carbonyl (C=O) groups excluding carboxylic acids is 1. The number of rotatable bonds is 16. The molecule has 0 saturated heterocycles. The second-order valence-electron chi connectivity index (χ2n) is 7.78. The van der Waals surface area contributed by atoms with Gasteiger partial charge in [0.2, 0.25) is 5.91 Å². The van der Waals surface area contributed by atoms with Gasteiger partial charge in [-0.25, -0.2) is 0 Å². The van der Waals surface area contributed by atoms with Crippen LogP contribution in [0.15, 0.2) is 48.5 Å². The highest BCUT2D eigenvalue weighted by molar-refractivity contribution is 5.93. The lowest BCUT2D eigenvalue weighted by atomic mass is 10.2. The van der Waals surface area contributed by atoms with Crippen LogP contribution in [0.4, 0.5) is 11.4 Å². The summed E-state index contributed by atoms with van der Waals surface area (Å²) in [4.78, 5) is 12.3. The Morgan fingerprint density at radius 3 is 1.87 bits per heavy atom. The third-order valence-corrected chi connectivity index (χ3v) is 4.94. The molecule has 0 aliphatic carbocycles. The molecule has 0 heterocycles. The second-order valence-corrected chi connectivity index (χ2v) is 7.78. The molecule has 1 amide bonds. The molecule has 170 valence electrons. The maximum absolute atomic E-state index is 12.3. The van der Waals surface area contributed by atoms with Gasteiger partial charge in [-0.3, -0.25) is 4.79 Å². The molecule has 0 fully saturated rings. The number of nitrogens with one attached hydrogen (secondary N) is 2. The first kappa shape index (κ1) is 24.6. The van der Waals surface area contributed by atoms with Crippen LogP contribution in [0.5, 0.6) is 11.5 Å². The highest BCUT2D eigenvalue weighted by Gasteiger charge is 2.05. The first-order valence-electron chi connectivity index (χ1n) is 11.7. The minimum absolute atomic E-state index is 0.106. The van der Waals surface area contributed by atoms with Crippen molar-refractivity contribution in [1.82, 2.24) is 0 Å². The average Bonchev–Trinajstić information content (AvgIpc) is 2.78. The Bertz CT molecular complexity index is 764. The number of hydrogen-bond donors (Lipinski definition) is 2. The topological polar surface area (TPSA) is 59.6 Å². The minimum Gasteiger partial charge on any atom is -0.494 e. The molecule has 0 atom stereocenters. The van der Waals surface area contributed by atoms with Crippen molar-refractivity contribution >= 4 is 17.3 Å². The van der Waals surface area contributed by atoms with Crippen LogP contribution in [0, 0.1) is 0 Å². The lowest BCUT2D eigenvalue weighted by Crippen LogP contribution is -2.21. The van der Waals surface area contributed by atoms with Gasteiger partial charge in [-0.15, -0.1) is 0 Å². The summed E-state index contributed by atoms with van der Waals surface area (Å²) in [5, 5.41) is 6.08. The number of carbonyl (C=O) groups is 1. The predicted molar refractivity (Wildman–Crippen MR) is 129 cm³/mol. The Balaban J connectivity index is 1.73. The van der Waals surface area contributed by atoms with Gasteiger partial charge in [0.25, 0.3) is 0 Å². The Labute approximate surface area is 187 Å². The van der Waals surface area contributed by atoms with Gasteiger partial charge in [0.1, 0.15) is 11.5 Å². The Morgan fingerprint density at radius 1 is 0.742 bits per heavy atom. The van der Waals surface area contributed by atoms with Crippen molar-refractivity contribution in [2.75, 3.05) is 30.4 Å². The summed E-state index contributed by atoms with van der Waals surface area (Å²) in [5.41, 5.74) is 1.60. The van der Waals surface area contributed by atoms with Crippen molar-refractivity contribution in [3.8, 4) is 11.5 Å². The summed E-state index contributed by atoms with van der Waals surface area (Å²) in [7, 11) is 0. The van der Waals surface area contributed by atoms with Crippen molar-refractivity contribution in [3.05, 3.63) is 48.5 Å². The van der Waals surface area contributed by atoms with Gasteiger partial charge < -0.3 is 20.1 Å². The highest BCUT2D eigenvalue weighted by atomic mass is 16.5. The number of ether oxygens (including phenoxy) is 2. The minimum atomic E-state index is -0.106. The molecule has 0 aliphatic rings. The molecule has 2 aromatic rings. The van der Waals surface area contributed by atoms with Gasteiger partial charge in [-0.2, -0.15) is 0 Å². The van der Waals surface area contributed by atoms with E-state index in [0.29, 0.717) is 6.61 Å². The molecule has 0 unspecified atom stereocenters. The van der Waals surface area contributed by atoms with Crippen LogP contribution >= 0.6 is 0 Å². The smallest absolute Gasteiger partial charge is 0.243 e. The second kappa shape index (κ2) is 15.2. The summed E-state index contributed by atoms with van der Waals surface area (Å²) in [6.07, 6.45) is 9.41. The first-order valence-corrected chi connectivity index (χ1v) is 11.7. The molecule has 2 aromatic carbocycles. The summed E-state index contributed by atoms with van der Waals surface area (Å²) >= 11 is 0. The number of amides is 1. The van der Waals surface area contributed by atoms with E-state index in [1.165, 1.54) is 38.5 Å². The highest BCUT2D eigenvalue weighted by Crippen LogP contribution is 2.19. The van der Waals surface area contributed by atoms with E-state index in [0.717, 1.165) is 42.3 Å². The standard InChI is InChI=1S/C26H38N2O3/c1-3-5-7-9-17-30-24-15-11-13-22(19-24)27-21-26(29)28-23-14-12-16-25(20-23)31-18-10-8-6-4-2/h11-16,19-20,27H,3-10,17-18,21H2,1-2H3,(H,28,29). The largest absolute Gasteiger partial charge is 0.494 e. The van der Waals surface area contributed by atoms with Crippen LogP contribution in [-0.2, 0) is 4.79 Å². The lowest BCUT2D eigenvalue weighted by molar-refractivity contribution is -0.114. The molecule has 0 radical (unpaired) electrons. The lowest BCUT2D eigenvalue weighted by Gasteiger charge is -2.11. The summed E-state index contributed by atoms with van der Waals surface area (Å²) in [5.74, 6) is 1.50. The van der Waals surface area contributed by atoms with Gasteiger partial charge >= 0.3 is 0 Å². The monoisotopic (exact) mass is 426 g/mol. The van der Waals surface area contributed by atoms with E-state index in [2.05, 4.69) is 24.5 Å². The fourth-order valence-electron chi connectivity index (χ4n) is 3.18. The zero-order chi connectivity index (χ0) is 22.2. The summed E-state index contributed by atoms with van der Waals surface area (Å²) < 4.78 is 11.6. The zero-order valence-corrected chi connectivity index (χ0v) is 19.1. The predicted octanol–water partition coefficient (Wildman–Crippen LogP) is 6.66. The van der Waals surface area contributed by atoms with Crippen LogP contribution in [0.2, 0.25) is 0 Å². The molecule has 0 spiro atoms. The van der Waals surface area contributed by atoms with Crippen LogP contribution < -0.4 is 20.1 Å². The molecule has 0 aromatic heterocycles. The SMILES string of the molecule is CCCCCCOc1cccc(NCC(=O)Nc2cccc(OCCCCCC)c2)c1. The molecular formula is C26H38N2O3. The first-order chi connectivity index (χ1) is 15.2. The van der Waals surface area contributed by atoms with Crippen LogP contribution in [0.25, 0.3) is 0 Å². The normalized spacial score (nSPS) is 10.5. The van der Waals surface area contributed by atoms with E-state index in [-0.39, 0.29) is 12.5 Å². The fourth-order valence-corrected chi connectivity index (χ4v) is 3.18. The molecule has 5 nitrogen and oxygen atoms in total. The summed E-state index contributed by atoms with van der Waals surface area (Å²) in [6, 6.07) is 15.3. The third-order valence-electron chi connectivity index (χ3n) is 4.94. The van der Waals surface area contributed by atoms with Crippen molar-refractivity contribution in [2.45, 2.75) is 65.2 Å². The molecule has 2 N–H and O–H groups in total. The fraction of sp³-hybridized carbons (Fsp3) is 0.500. The maximum Gasteiger partial charge on any atom is 0.243 e. The van der Waals surface area contributed by atoms with Crippen molar-refractivity contribution in [3.63, 3.8) is 0 Å². The van der Waals surface area contributed by atoms with E-state index in [1.807, 2.05) is 48.5 Å². The van der Waals surface area contributed by atoms with E-state index in [9.17, 15) is 4.79 Å². The Kier molecular flexibility index (Phi) is 12.0. The third kappa shape index (κ3) is 10.8. The van der Waals surface area contributed by atoms with Crippen molar-refractivity contribution in [1.29, 1.82) is 0 Å². The van der Waals surface area contributed by atoms with E-state index < -0.39 is 0 Å². The van der Waals surface area contributed by atoms with E-state index in [4.69, 9.17) is 9.47 Å². The number of anilines is 2. The van der Waals surface area contributed by atoms with Crippen molar-refractivity contribution in [2.24, 2.45) is 0 Å². The number of hydrogen-bond acceptors (Lipinski definition) is 4. The molecular weight excluding hydrogens is 388 g/mol. The van der Waals surface area contributed by atoms with Gasteiger partial charge in [0.05, 0.1) is 19.8 Å². The van der Waals surface area contributed by atoms with Gasteiger partial charge in [0.15, 0.2) is 0 Å². The maximum atomic E-state index is 12.3. The van der Waals surface area contributed by atoms with Crippen LogP contribution in [0.1, 0.15) is 65.2 Å². The zero-order valence-electron chi connectivity index (χ0n) is 19.1.